The Morgan fingerprint density at radius 3 is 2.18 bits per heavy atom. The van der Waals surface area contributed by atoms with Crippen LogP contribution in [0.15, 0.2) is 0 Å². The lowest BCUT2D eigenvalue weighted by molar-refractivity contribution is -0.124. The van der Waals surface area contributed by atoms with E-state index in [1.807, 2.05) is 13.8 Å². The number of rotatable bonds is 5. The van der Waals surface area contributed by atoms with Crippen molar-refractivity contribution in [3.8, 4) is 0 Å². The van der Waals surface area contributed by atoms with Crippen molar-refractivity contribution in [1.82, 2.24) is 0 Å². The van der Waals surface area contributed by atoms with Crippen LogP contribution in [0.25, 0.3) is 0 Å². The summed E-state index contributed by atoms with van der Waals surface area (Å²) < 4.78 is 0. The van der Waals surface area contributed by atoms with Gasteiger partial charge >= 0.3 is 0 Å². The fourth-order valence-electron chi connectivity index (χ4n) is 0.983. The van der Waals surface area contributed by atoms with Crippen LogP contribution in [0.4, 0.5) is 0 Å². The number of ketones is 1. The first-order valence-corrected chi connectivity index (χ1v) is 4.72. The van der Waals surface area contributed by atoms with Crippen molar-refractivity contribution >= 4 is 28.0 Å². The van der Waals surface area contributed by atoms with Gasteiger partial charge in [0, 0.05) is 5.92 Å². The molecule has 1 unspecified atom stereocenters. The summed E-state index contributed by atoms with van der Waals surface area (Å²) in [5.74, 6) is 0.0366. The van der Waals surface area contributed by atoms with Gasteiger partial charge < -0.3 is 4.79 Å². The highest BCUT2D eigenvalue weighted by molar-refractivity contribution is 9.10. The molecule has 0 spiro atoms. The molecule has 0 radical (unpaired) electrons. The zero-order chi connectivity index (χ0) is 8.85. The summed E-state index contributed by atoms with van der Waals surface area (Å²) in [7, 11) is 0. The molecule has 0 saturated carbocycles. The molecular formula is C8H13BrO2. The van der Waals surface area contributed by atoms with E-state index in [1.165, 1.54) is 0 Å². The SMILES string of the molecule is CCC(CC)C(=O)C(Br)C=O. The third-order valence-corrected chi connectivity index (χ3v) is 2.45. The van der Waals surface area contributed by atoms with E-state index in [4.69, 9.17) is 0 Å². The van der Waals surface area contributed by atoms with Crippen molar-refractivity contribution in [2.45, 2.75) is 31.5 Å². The van der Waals surface area contributed by atoms with Gasteiger partial charge in [-0.25, -0.2) is 0 Å². The Labute approximate surface area is 75.5 Å². The average Bonchev–Trinajstić information content (AvgIpc) is 2.05. The lowest BCUT2D eigenvalue weighted by Gasteiger charge is -2.10. The second-order valence-electron chi connectivity index (χ2n) is 2.45. The van der Waals surface area contributed by atoms with Crippen molar-refractivity contribution in [2.75, 3.05) is 0 Å². The van der Waals surface area contributed by atoms with Gasteiger partial charge in [0.25, 0.3) is 0 Å². The van der Waals surface area contributed by atoms with Crippen molar-refractivity contribution in [3.05, 3.63) is 0 Å². The zero-order valence-corrected chi connectivity index (χ0v) is 8.43. The molecule has 0 aromatic heterocycles. The zero-order valence-electron chi connectivity index (χ0n) is 6.84. The van der Waals surface area contributed by atoms with E-state index in [0.29, 0.717) is 6.29 Å². The monoisotopic (exact) mass is 220 g/mol. The van der Waals surface area contributed by atoms with Gasteiger partial charge in [-0.15, -0.1) is 0 Å². The molecule has 0 aromatic carbocycles. The maximum atomic E-state index is 11.3. The molecule has 64 valence electrons. The summed E-state index contributed by atoms with van der Waals surface area (Å²) in [6.07, 6.45) is 2.26. The number of alkyl halides is 1. The second kappa shape index (κ2) is 5.47. The van der Waals surface area contributed by atoms with Gasteiger partial charge in [0.15, 0.2) is 5.78 Å². The molecule has 0 rings (SSSR count). The second-order valence-corrected chi connectivity index (χ2v) is 3.44. The Kier molecular flexibility index (Phi) is 5.38. The van der Waals surface area contributed by atoms with Gasteiger partial charge in [0.2, 0.25) is 0 Å². The summed E-state index contributed by atoms with van der Waals surface area (Å²) in [5, 5.41) is 0. The quantitative estimate of drug-likeness (QED) is 0.404. The molecule has 1 atom stereocenters. The van der Waals surface area contributed by atoms with Crippen LogP contribution < -0.4 is 0 Å². The number of aldehydes is 1. The third-order valence-electron chi connectivity index (χ3n) is 1.78. The fraction of sp³-hybridized carbons (Fsp3) is 0.750. The number of Topliss-reactive ketones (excluding diaryl/α,β-unsaturated/α-hetero) is 1. The maximum absolute atomic E-state index is 11.3. The molecule has 0 aliphatic rings. The Hall–Kier alpha value is -0.180. The minimum absolute atomic E-state index is 0.00463. The molecule has 0 aromatic rings. The Bertz CT molecular complexity index is 141. The topological polar surface area (TPSA) is 34.1 Å². The van der Waals surface area contributed by atoms with Crippen LogP contribution >= 0.6 is 15.9 Å². The van der Waals surface area contributed by atoms with Gasteiger partial charge in [0.1, 0.15) is 11.1 Å². The molecule has 2 nitrogen and oxygen atoms in total. The first kappa shape index (κ1) is 10.8. The summed E-state index contributed by atoms with van der Waals surface area (Å²) in [5.41, 5.74) is 0. The van der Waals surface area contributed by atoms with E-state index >= 15 is 0 Å². The number of hydrogen-bond donors (Lipinski definition) is 0. The normalized spacial score (nSPS) is 13.1. The highest BCUT2D eigenvalue weighted by Gasteiger charge is 2.21. The van der Waals surface area contributed by atoms with Gasteiger partial charge in [-0.1, -0.05) is 29.8 Å². The number of halogens is 1. The smallest absolute Gasteiger partial charge is 0.156 e. The molecule has 0 aliphatic heterocycles. The van der Waals surface area contributed by atoms with E-state index in [0.717, 1.165) is 12.8 Å². The molecule has 0 N–H and O–H groups in total. The molecule has 0 fully saturated rings. The predicted octanol–water partition coefficient (Wildman–Crippen LogP) is 1.95. The summed E-state index contributed by atoms with van der Waals surface area (Å²) in [6.45, 7) is 3.91. The van der Waals surface area contributed by atoms with Crippen LogP contribution in [-0.2, 0) is 9.59 Å². The van der Waals surface area contributed by atoms with E-state index in [9.17, 15) is 9.59 Å². The van der Waals surface area contributed by atoms with Crippen LogP contribution in [0.5, 0.6) is 0 Å². The summed E-state index contributed by atoms with van der Waals surface area (Å²) >= 11 is 3.01. The molecule has 0 amide bonds. The van der Waals surface area contributed by atoms with Crippen LogP contribution in [0, 0.1) is 5.92 Å². The molecule has 0 bridgehead atoms. The molecular weight excluding hydrogens is 208 g/mol. The molecule has 3 heteroatoms. The predicted molar refractivity (Wildman–Crippen MR) is 47.9 cm³/mol. The van der Waals surface area contributed by atoms with Gasteiger partial charge in [-0.2, -0.15) is 0 Å². The minimum Gasteiger partial charge on any atom is -0.302 e. The molecule has 0 aliphatic carbocycles. The van der Waals surface area contributed by atoms with Crippen molar-refractivity contribution < 1.29 is 9.59 Å². The Morgan fingerprint density at radius 1 is 1.45 bits per heavy atom. The highest BCUT2D eigenvalue weighted by atomic mass is 79.9. The van der Waals surface area contributed by atoms with Crippen LogP contribution in [0.3, 0.4) is 0 Å². The lowest BCUT2D eigenvalue weighted by Crippen LogP contribution is -2.23. The largest absolute Gasteiger partial charge is 0.302 e. The first-order valence-electron chi connectivity index (χ1n) is 3.80. The standard InChI is InChI=1S/C8H13BrO2/c1-3-6(4-2)8(11)7(9)5-10/h5-7H,3-4H2,1-2H3. The van der Waals surface area contributed by atoms with E-state index < -0.39 is 4.83 Å². The van der Waals surface area contributed by atoms with Crippen LogP contribution in [-0.4, -0.2) is 16.9 Å². The van der Waals surface area contributed by atoms with Gasteiger partial charge in [0.05, 0.1) is 0 Å². The van der Waals surface area contributed by atoms with E-state index in [2.05, 4.69) is 15.9 Å². The van der Waals surface area contributed by atoms with Crippen molar-refractivity contribution in [2.24, 2.45) is 5.92 Å². The minimum atomic E-state index is -0.604. The molecule has 0 saturated heterocycles. The summed E-state index contributed by atoms with van der Waals surface area (Å²) in [4.78, 5) is 20.9. The van der Waals surface area contributed by atoms with Crippen molar-refractivity contribution in [3.63, 3.8) is 0 Å². The molecule has 0 heterocycles. The van der Waals surface area contributed by atoms with Crippen LogP contribution in [0.1, 0.15) is 26.7 Å². The van der Waals surface area contributed by atoms with E-state index in [1.54, 1.807) is 0 Å². The summed E-state index contributed by atoms with van der Waals surface area (Å²) in [6, 6.07) is 0. The van der Waals surface area contributed by atoms with Gasteiger partial charge in [-0.05, 0) is 12.8 Å². The number of carbonyl (C=O) groups excluding carboxylic acids is 2. The average molecular weight is 221 g/mol. The van der Waals surface area contributed by atoms with Crippen molar-refractivity contribution in [1.29, 1.82) is 0 Å². The lowest BCUT2D eigenvalue weighted by atomic mass is 9.96. The molecule has 11 heavy (non-hydrogen) atoms. The van der Waals surface area contributed by atoms with Gasteiger partial charge in [-0.3, -0.25) is 4.79 Å². The van der Waals surface area contributed by atoms with Crippen LogP contribution in [0.2, 0.25) is 0 Å². The number of hydrogen-bond acceptors (Lipinski definition) is 2. The Morgan fingerprint density at radius 2 is 1.91 bits per heavy atom. The third kappa shape index (κ3) is 3.14. The Balaban J connectivity index is 4.08. The fourth-order valence-corrected chi connectivity index (χ4v) is 1.36. The highest BCUT2D eigenvalue weighted by Crippen LogP contribution is 2.14. The number of carbonyl (C=O) groups is 2. The maximum Gasteiger partial charge on any atom is 0.156 e. The van der Waals surface area contributed by atoms with E-state index in [-0.39, 0.29) is 11.7 Å². The first-order chi connectivity index (χ1) is 5.17.